The molecule has 0 aromatic carbocycles. The lowest BCUT2D eigenvalue weighted by Crippen LogP contribution is -2.34. The minimum Gasteiger partial charge on any atom is -0.395 e. The molecule has 1 aliphatic rings. The van der Waals surface area contributed by atoms with Crippen LogP contribution in [0.25, 0.3) is 0 Å². The highest BCUT2D eigenvalue weighted by Gasteiger charge is 2.29. The van der Waals surface area contributed by atoms with Crippen molar-refractivity contribution in [2.45, 2.75) is 32.7 Å². The molecule has 1 unspecified atom stereocenters. The summed E-state index contributed by atoms with van der Waals surface area (Å²) in [5.74, 6) is 1.35. The van der Waals surface area contributed by atoms with Crippen LogP contribution < -0.4 is 10.6 Å². The third-order valence-corrected chi connectivity index (χ3v) is 3.43. The highest BCUT2D eigenvalue weighted by atomic mass is 15.2. The van der Waals surface area contributed by atoms with Crippen LogP contribution in [0.5, 0.6) is 0 Å². The molecule has 1 aromatic rings. The van der Waals surface area contributed by atoms with Crippen LogP contribution in [0.4, 0.5) is 11.5 Å². The second-order valence-corrected chi connectivity index (χ2v) is 4.85. The number of pyridine rings is 1. The number of hydrogen-bond acceptors (Lipinski definition) is 4. The Morgan fingerprint density at radius 2 is 2.35 bits per heavy atom. The standard InChI is InChI=1S/C13H18N4/c1-9(2)11-4-3-7-17(11)13-12(15)10(8-14)5-6-16-13/h5-6,9,11H,3-4,7,15H2,1-2H3. The normalized spacial score (nSPS) is 19.6. The van der Waals surface area contributed by atoms with Crippen molar-refractivity contribution in [3.63, 3.8) is 0 Å². The molecule has 2 N–H and O–H groups in total. The molecule has 17 heavy (non-hydrogen) atoms. The van der Waals surface area contributed by atoms with Gasteiger partial charge in [0.1, 0.15) is 6.07 Å². The van der Waals surface area contributed by atoms with Crippen molar-refractivity contribution in [1.29, 1.82) is 5.26 Å². The Balaban J connectivity index is 2.37. The van der Waals surface area contributed by atoms with Crippen LogP contribution in [0.15, 0.2) is 12.3 Å². The lowest BCUT2D eigenvalue weighted by Gasteiger charge is -2.29. The minimum atomic E-state index is 0.485. The molecule has 1 aromatic heterocycles. The first kappa shape index (κ1) is 11.7. The first-order valence-electron chi connectivity index (χ1n) is 6.06. The van der Waals surface area contributed by atoms with Gasteiger partial charge in [-0.1, -0.05) is 13.8 Å². The molecule has 0 bridgehead atoms. The number of nitriles is 1. The summed E-state index contributed by atoms with van der Waals surface area (Å²) in [6.45, 7) is 5.41. The van der Waals surface area contributed by atoms with Gasteiger partial charge < -0.3 is 10.6 Å². The Labute approximate surface area is 102 Å². The zero-order valence-corrected chi connectivity index (χ0v) is 10.3. The Morgan fingerprint density at radius 3 is 3.00 bits per heavy atom. The van der Waals surface area contributed by atoms with E-state index in [0.29, 0.717) is 23.2 Å². The third kappa shape index (κ3) is 2.05. The van der Waals surface area contributed by atoms with Gasteiger partial charge in [-0.15, -0.1) is 0 Å². The lowest BCUT2D eigenvalue weighted by molar-refractivity contribution is 0.490. The van der Waals surface area contributed by atoms with Gasteiger partial charge in [0.2, 0.25) is 0 Å². The van der Waals surface area contributed by atoms with Crippen molar-refractivity contribution in [2.24, 2.45) is 5.92 Å². The van der Waals surface area contributed by atoms with Gasteiger partial charge >= 0.3 is 0 Å². The SMILES string of the molecule is CC(C)C1CCCN1c1nccc(C#N)c1N. The van der Waals surface area contributed by atoms with Gasteiger partial charge in [-0.25, -0.2) is 4.98 Å². The number of nitrogens with zero attached hydrogens (tertiary/aromatic N) is 3. The molecule has 4 nitrogen and oxygen atoms in total. The van der Waals surface area contributed by atoms with Gasteiger partial charge in [0.05, 0.1) is 11.3 Å². The van der Waals surface area contributed by atoms with Crippen LogP contribution in [0.1, 0.15) is 32.3 Å². The molecular formula is C13H18N4. The van der Waals surface area contributed by atoms with Gasteiger partial charge in [0, 0.05) is 18.8 Å². The molecule has 1 atom stereocenters. The first-order valence-corrected chi connectivity index (χ1v) is 6.06. The molecule has 1 fully saturated rings. The fourth-order valence-electron chi connectivity index (χ4n) is 2.54. The molecule has 0 aliphatic carbocycles. The van der Waals surface area contributed by atoms with Crippen molar-refractivity contribution >= 4 is 11.5 Å². The molecule has 1 saturated heterocycles. The molecule has 90 valence electrons. The molecule has 0 radical (unpaired) electrons. The van der Waals surface area contributed by atoms with E-state index >= 15 is 0 Å². The molecule has 2 rings (SSSR count). The molecule has 0 spiro atoms. The van der Waals surface area contributed by atoms with Crippen molar-refractivity contribution in [3.05, 3.63) is 17.8 Å². The van der Waals surface area contributed by atoms with Crippen LogP contribution in [0, 0.1) is 17.2 Å². The van der Waals surface area contributed by atoms with Crippen LogP contribution in [0.3, 0.4) is 0 Å². The maximum Gasteiger partial charge on any atom is 0.153 e. The summed E-state index contributed by atoms with van der Waals surface area (Å²) in [5.41, 5.74) is 7.04. The number of nitrogen functional groups attached to an aromatic ring is 1. The number of aromatic nitrogens is 1. The van der Waals surface area contributed by atoms with Crippen LogP contribution in [0.2, 0.25) is 0 Å². The molecular weight excluding hydrogens is 212 g/mol. The molecule has 1 aliphatic heterocycles. The smallest absolute Gasteiger partial charge is 0.153 e. The predicted octanol–water partition coefficient (Wildman–Crippen LogP) is 2.16. The van der Waals surface area contributed by atoms with Gasteiger partial charge in [0.25, 0.3) is 0 Å². The summed E-state index contributed by atoms with van der Waals surface area (Å²) in [4.78, 5) is 6.60. The summed E-state index contributed by atoms with van der Waals surface area (Å²) in [6, 6.07) is 4.26. The Hall–Kier alpha value is -1.76. The Morgan fingerprint density at radius 1 is 1.59 bits per heavy atom. The van der Waals surface area contributed by atoms with E-state index in [1.807, 2.05) is 0 Å². The Kier molecular flexibility index (Phi) is 3.19. The summed E-state index contributed by atoms with van der Waals surface area (Å²) in [7, 11) is 0. The number of anilines is 2. The van der Waals surface area contributed by atoms with Crippen molar-refractivity contribution in [2.75, 3.05) is 17.2 Å². The summed E-state index contributed by atoms with van der Waals surface area (Å²) >= 11 is 0. The maximum atomic E-state index is 8.98. The highest BCUT2D eigenvalue weighted by molar-refractivity contribution is 5.70. The zero-order chi connectivity index (χ0) is 12.4. The lowest BCUT2D eigenvalue weighted by atomic mass is 10.0. The predicted molar refractivity (Wildman–Crippen MR) is 68.6 cm³/mol. The first-order chi connectivity index (χ1) is 8.15. The van der Waals surface area contributed by atoms with Crippen LogP contribution >= 0.6 is 0 Å². The van der Waals surface area contributed by atoms with E-state index < -0.39 is 0 Å². The summed E-state index contributed by atoms with van der Waals surface area (Å²) in [5, 5.41) is 8.98. The van der Waals surface area contributed by atoms with E-state index in [0.717, 1.165) is 12.4 Å². The van der Waals surface area contributed by atoms with Gasteiger partial charge in [-0.3, -0.25) is 0 Å². The molecule has 0 amide bonds. The molecule has 0 saturated carbocycles. The van der Waals surface area contributed by atoms with E-state index in [9.17, 15) is 0 Å². The van der Waals surface area contributed by atoms with Crippen molar-refractivity contribution < 1.29 is 0 Å². The van der Waals surface area contributed by atoms with E-state index in [-0.39, 0.29) is 0 Å². The molecule has 2 heterocycles. The minimum absolute atomic E-state index is 0.485. The third-order valence-electron chi connectivity index (χ3n) is 3.43. The summed E-state index contributed by atoms with van der Waals surface area (Å²) < 4.78 is 0. The number of hydrogen-bond donors (Lipinski definition) is 1. The van der Waals surface area contributed by atoms with E-state index in [1.165, 1.54) is 12.8 Å². The zero-order valence-electron chi connectivity index (χ0n) is 10.3. The number of rotatable bonds is 2. The second-order valence-electron chi connectivity index (χ2n) is 4.85. The number of nitrogens with two attached hydrogens (primary N) is 1. The second kappa shape index (κ2) is 4.62. The fraction of sp³-hybridized carbons (Fsp3) is 0.538. The monoisotopic (exact) mass is 230 g/mol. The highest BCUT2D eigenvalue weighted by Crippen LogP contribution is 2.32. The van der Waals surface area contributed by atoms with Crippen molar-refractivity contribution in [3.8, 4) is 6.07 Å². The van der Waals surface area contributed by atoms with E-state index in [2.05, 4.69) is 29.8 Å². The van der Waals surface area contributed by atoms with E-state index in [4.69, 9.17) is 11.0 Å². The fourth-order valence-corrected chi connectivity index (χ4v) is 2.54. The average Bonchev–Trinajstić information content (AvgIpc) is 2.78. The largest absolute Gasteiger partial charge is 0.395 e. The topological polar surface area (TPSA) is 65.9 Å². The van der Waals surface area contributed by atoms with Gasteiger partial charge in [-0.05, 0) is 24.8 Å². The van der Waals surface area contributed by atoms with Gasteiger partial charge in [0.15, 0.2) is 5.82 Å². The Bertz CT molecular complexity index is 447. The van der Waals surface area contributed by atoms with Gasteiger partial charge in [-0.2, -0.15) is 5.26 Å². The maximum absolute atomic E-state index is 8.98. The van der Waals surface area contributed by atoms with Crippen molar-refractivity contribution in [1.82, 2.24) is 4.98 Å². The van der Waals surface area contributed by atoms with Crippen LogP contribution in [-0.4, -0.2) is 17.6 Å². The van der Waals surface area contributed by atoms with Crippen LogP contribution in [-0.2, 0) is 0 Å². The summed E-state index contributed by atoms with van der Waals surface area (Å²) in [6.07, 6.45) is 4.01. The quantitative estimate of drug-likeness (QED) is 0.845. The molecule has 4 heteroatoms. The average molecular weight is 230 g/mol. The van der Waals surface area contributed by atoms with E-state index in [1.54, 1.807) is 12.3 Å².